The Hall–Kier alpha value is -1.51. The van der Waals surface area contributed by atoms with Crippen molar-refractivity contribution in [3.8, 4) is 5.75 Å². The summed E-state index contributed by atoms with van der Waals surface area (Å²) in [6.07, 6.45) is 6.69. The molecule has 1 N–H and O–H groups in total. The van der Waals surface area contributed by atoms with Crippen LogP contribution in [0, 0.1) is 0 Å². The van der Waals surface area contributed by atoms with Crippen LogP contribution in [0.1, 0.15) is 43.2 Å². The number of hydrogen-bond acceptors (Lipinski definition) is 2. The van der Waals surface area contributed by atoms with E-state index in [-0.39, 0.29) is 0 Å². The third-order valence-electron chi connectivity index (χ3n) is 4.47. The molecule has 0 amide bonds. The molecule has 0 saturated heterocycles. The Morgan fingerprint density at radius 2 is 1.70 bits per heavy atom. The van der Waals surface area contributed by atoms with Gasteiger partial charge in [0, 0.05) is 23.2 Å². The Balaban J connectivity index is 1.57. The molecule has 1 saturated carbocycles. The van der Waals surface area contributed by atoms with Crippen molar-refractivity contribution in [3.63, 3.8) is 0 Å². The normalized spacial score (nSPS) is 15.5. The third-order valence-corrected chi connectivity index (χ3v) is 4.72. The predicted octanol–water partition coefficient (Wildman–Crippen LogP) is 5.34. The van der Waals surface area contributed by atoms with Crippen molar-refractivity contribution >= 4 is 11.6 Å². The number of benzene rings is 2. The van der Waals surface area contributed by atoms with Gasteiger partial charge in [0.1, 0.15) is 12.4 Å². The van der Waals surface area contributed by atoms with Gasteiger partial charge in [0.25, 0.3) is 0 Å². The molecule has 2 aromatic carbocycles. The Labute approximate surface area is 143 Å². The molecule has 0 atom stereocenters. The van der Waals surface area contributed by atoms with Gasteiger partial charge in [-0.3, -0.25) is 0 Å². The second kappa shape index (κ2) is 8.37. The number of rotatable bonds is 6. The van der Waals surface area contributed by atoms with Crippen LogP contribution < -0.4 is 10.1 Å². The first-order valence-electron chi connectivity index (χ1n) is 8.50. The van der Waals surface area contributed by atoms with Crippen molar-refractivity contribution in [3.05, 3.63) is 64.7 Å². The zero-order chi connectivity index (χ0) is 15.9. The van der Waals surface area contributed by atoms with E-state index in [4.69, 9.17) is 16.3 Å². The Morgan fingerprint density at radius 1 is 0.957 bits per heavy atom. The second-order valence-corrected chi connectivity index (χ2v) is 6.68. The minimum Gasteiger partial charge on any atom is -0.489 e. The molecule has 0 bridgehead atoms. The van der Waals surface area contributed by atoms with Crippen molar-refractivity contribution in [1.82, 2.24) is 5.32 Å². The summed E-state index contributed by atoms with van der Waals surface area (Å²) in [4.78, 5) is 0. The van der Waals surface area contributed by atoms with Crippen LogP contribution in [0.2, 0.25) is 5.02 Å². The van der Waals surface area contributed by atoms with E-state index in [0.717, 1.165) is 22.9 Å². The van der Waals surface area contributed by atoms with E-state index in [0.29, 0.717) is 12.6 Å². The quantitative estimate of drug-likeness (QED) is 0.772. The summed E-state index contributed by atoms with van der Waals surface area (Å²) in [5, 5.41) is 4.44. The van der Waals surface area contributed by atoms with Gasteiger partial charge < -0.3 is 10.1 Å². The van der Waals surface area contributed by atoms with Gasteiger partial charge in [-0.25, -0.2) is 0 Å². The lowest BCUT2D eigenvalue weighted by atomic mass is 9.95. The number of halogens is 1. The molecule has 1 aliphatic carbocycles. The number of hydrogen-bond donors (Lipinski definition) is 1. The van der Waals surface area contributed by atoms with Crippen LogP contribution in [-0.2, 0) is 13.2 Å². The zero-order valence-electron chi connectivity index (χ0n) is 13.4. The van der Waals surface area contributed by atoms with Crippen LogP contribution in [-0.4, -0.2) is 6.04 Å². The molecule has 0 radical (unpaired) electrons. The van der Waals surface area contributed by atoms with E-state index in [1.807, 2.05) is 36.4 Å². The lowest BCUT2D eigenvalue weighted by Gasteiger charge is -2.23. The molecule has 0 heterocycles. The maximum atomic E-state index is 6.02. The van der Waals surface area contributed by atoms with E-state index in [2.05, 4.69) is 17.4 Å². The largest absolute Gasteiger partial charge is 0.489 e. The van der Waals surface area contributed by atoms with Crippen LogP contribution in [0.15, 0.2) is 48.5 Å². The Morgan fingerprint density at radius 3 is 2.48 bits per heavy atom. The summed E-state index contributed by atoms with van der Waals surface area (Å²) in [5.41, 5.74) is 2.36. The standard InChI is InChI=1S/C20H24ClNO/c21-18-12-10-16(11-13-18)15-23-20-9-5-4-6-17(20)14-22-19-7-2-1-3-8-19/h4-6,9-13,19,22H,1-3,7-8,14-15H2. The molecule has 2 nitrogen and oxygen atoms in total. The van der Waals surface area contributed by atoms with Gasteiger partial charge in [-0.1, -0.05) is 61.2 Å². The first-order valence-corrected chi connectivity index (χ1v) is 8.87. The monoisotopic (exact) mass is 329 g/mol. The zero-order valence-corrected chi connectivity index (χ0v) is 14.2. The van der Waals surface area contributed by atoms with E-state index < -0.39 is 0 Å². The third kappa shape index (κ3) is 4.98. The number of para-hydroxylation sites is 1. The van der Waals surface area contributed by atoms with Crippen LogP contribution in [0.3, 0.4) is 0 Å². The van der Waals surface area contributed by atoms with Gasteiger partial charge in [-0.2, -0.15) is 0 Å². The van der Waals surface area contributed by atoms with E-state index >= 15 is 0 Å². The molecule has 3 heteroatoms. The summed E-state index contributed by atoms with van der Waals surface area (Å²) >= 11 is 5.92. The Bertz CT molecular complexity index is 605. The van der Waals surface area contributed by atoms with Crippen LogP contribution in [0.5, 0.6) is 5.75 Å². The molecule has 0 unspecified atom stereocenters. The maximum Gasteiger partial charge on any atom is 0.124 e. The van der Waals surface area contributed by atoms with Crippen molar-refractivity contribution in [2.75, 3.05) is 0 Å². The van der Waals surface area contributed by atoms with Gasteiger partial charge in [-0.05, 0) is 36.6 Å². The smallest absolute Gasteiger partial charge is 0.124 e. The van der Waals surface area contributed by atoms with Crippen LogP contribution >= 0.6 is 11.6 Å². The molecule has 3 rings (SSSR count). The van der Waals surface area contributed by atoms with Gasteiger partial charge in [-0.15, -0.1) is 0 Å². The summed E-state index contributed by atoms with van der Waals surface area (Å²) in [7, 11) is 0. The highest BCUT2D eigenvalue weighted by Gasteiger charge is 2.13. The topological polar surface area (TPSA) is 21.3 Å². The van der Waals surface area contributed by atoms with Crippen molar-refractivity contribution in [1.29, 1.82) is 0 Å². The first kappa shape index (κ1) is 16.4. The van der Waals surface area contributed by atoms with Crippen molar-refractivity contribution in [2.24, 2.45) is 0 Å². The second-order valence-electron chi connectivity index (χ2n) is 6.24. The first-order chi connectivity index (χ1) is 11.3. The van der Waals surface area contributed by atoms with Gasteiger partial charge in [0.2, 0.25) is 0 Å². The fraction of sp³-hybridized carbons (Fsp3) is 0.400. The molecular formula is C20H24ClNO. The summed E-state index contributed by atoms with van der Waals surface area (Å²) in [6, 6.07) is 16.8. The van der Waals surface area contributed by atoms with Gasteiger partial charge in [0.15, 0.2) is 0 Å². The van der Waals surface area contributed by atoms with E-state index in [1.54, 1.807) is 0 Å². The number of nitrogens with one attached hydrogen (secondary N) is 1. The average molecular weight is 330 g/mol. The SMILES string of the molecule is Clc1ccc(COc2ccccc2CNC2CCCCC2)cc1. The summed E-state index contributed by atoms with van der Waals surface area (Å²) in [5.74, 6) is 0.964. The van der Waals surface area contributed by atoms with Crippen LogP contribution in [0.25, 0.3) is 0 Å². The fourth-order valence-corrected chi connectivity index (χ4v) is 3.22. The highest BCUT2D eigenvalue weighted by atomic mass is 35.5. The summed E-state index contributed by atoms with van der Waals surface area (Å²) < 4.78 is 6.02. The molecule has 1 aliphatic rings. The highest BCUT2D eigenvalue weighted by Crippen LogP contribution is 2.22. The molecule has 1 fully saturated rings. The molecular weight excluding hydrogens is 306 g/mol. The molecule has 2 aromatic rings. The van der Waals surface area contributed by atoms with Crippen molar-refractivity contribution in [2.45, 2.75) is 51.3 Å². The summed E-state index contributed by atoms with van der Waals surface area (Å²) in [6.45, 7) is 1.44. The van der Waals surface area contributed by atoms with Gasteiger partial charge in [0.05, 0.1) is 0 Å². The van der Waals surface area contributed by atoms with Gasteiger partial charge >= 0.3 is 0 Å². The van der Waals surface area contributed by atoms with E-state index in [1.165, 1.54) is 37.7 Å². The predicted molar refractivity (Wildman–Crippen MR) is 95.9 cm³/mol. The molecule has 23 heavy (non-hydrogen) atoms. The lowest BCUT2D eigenvalue weighted by Crippen LogP contribution is -2.30. The van der Waals surface area contributed by atoms with Crippen LogP contribution in [0.4, 0.5) is 0 Å². The maximum absolute atomic E-state index is 6.02. The molecule has 0 aliphatic heterocycles. The minimum atomic E-state index is 0.567. The highest BCUT2D eigenvalue weighted by molar-refractivity contribution is 6.30. The minimum absolute atomic E-state index is 0.567. The number of ether oxygens (including phenoxy) is 1. The average Bonchev–Trinajstić information content (AvgIpc) is 2.61. The molecule has 0 spiro atoms. The van der Waals surface area contributed by atoms with Crippen molar-refractivity contribution < 1.29 is 4.74 Å². The Kier molecular flexibility index (Phi) is 5.95. The molecule has 0 aromatic heterocycles. The molecule has 122 valence electrons. The lowest BCUT2D eigenvalue weighted by molar-refractivity contribution is 0.300. The fourth-order valence-electron chi connectivity index (χ4n) is 3.09. The van der Waals surface area contributed by atoms with E-state index in [9.17, 15) is 0 Å².